The lowest BCUT2D eigenvalue weighted by molar-refractivity contribution is -0.892. The van der Waals surface area contributed by atoms with Gasteiger partial charge in [-0.05, 0) is 18.2 Å². The summed E-state index contributed by atoms with van der Waals surface area (Å²) in [5.74, 6) is -0.222. The number of halogens is 1. The van der Waals surface area contributed by atoms with Gasteiger partial charge in [-0.25, -0.2) is 0 Å². The Morgan fingerprint density at radius 1 is 1.15 bits per heavy atom. The van der Waals surface area contributed by atoms with E-state index in [9.17, 15) is 14.9 Å². The highest BCUT2D eigenvalue weighted by molar-refractivity contribution is 6.33. The second-order valence-corrected chi connectivity index (χ2v) is 6.59. The summed E-state index contributed by atoms with van der Waals surface area (Å²) in [7, 11) is 0. The van der Waals surface area contributed by atoms with Crippen LogP contribution in [-0.4, -0.2) is 43.6 Å². The maximum absolute atomic E-state index is 12.3. The van der Waals surface area contributed by atoms with Gasteiger partial charge in [-0.2, -0.15) is 0 Å². The first-order valence-corrected chi connectivity index (χ1v) is 8.78. The minimum atomic E-state index is -0.495. The Hall–Kier alpha value is -2.64. The van der Waals surface area contributed by atoms with Crippen molar-refractivity contribution in [3.63, 3.8) is 0 Å². The molecule has 7 nitrogen and oxygen atoms in total. The van der Waals surface area contributed by atoms with E-state index in [0.717, 1.165) is 41.8 Å². The molecule has 1 aliphatic rings. The maximum atomic E-state index is 12.3. The monoisotopic (exact) mass is 375 g/mol. The zero-order valence-electron chi connectivity index (χ0n) is 14.2. The summed E-state index contributed by atoms with van der Waals surface area (Å²) < 4.78 is 0. The van der Waals surface area contributed by atoms with Crippen molar-refractivity contribution in [1.82, 2.24) is 0 Å². The summed E-state index contributed by atoms with van der Waals surface area (Å²) in [5, 5.41) is 14.4. The molecule has 1 amide bonds. The number of hydrogen-bond acceptors (Lipinski definition) is 4. The van der Waals surface area contributed by atoms with Crippen molar-refractivity contribution >= 4 is 34.6 Å². The Kier molecular flexibility index (Phi) is 5.70. The van der Waals surface area contributed by atoms with Gasteiger partial charge in [-0.1, -0.05) is 35.9 Å². The first kappa shape index (κ1) is 18.2. The van der Waals surface area contributed by atoms with E-state index in [1.807, 2.05) is 24.3 Å². The molecule has 0 unspecified atom stereocenters. The van der Waals surface area contributed by atoms with Gasteiger partial charge in [0.25, 0.3) is 11.6 Å². The van der Waals surface area contributed by atoms with Gasteiger partial charge in [0, 0.05) is 6.07 Å². The molecule has 0 aliphatic carbocycles. The second-order valence-electron chi connectivity index (χ2n) is 6.19. The third kappa shape index (κ3) is 4.30. The molecule has 2 N–H and O–H groups in total. The zero-order valence-corrected chi connectivity index (χ0v) is 14.9. The summed E-state index contributed by atoms with van der Waals surface area (Å²) in [6.45, 7) is 3.49. The number of nitro benzene ring substituents is 1. The molecule has 0 aromatic heterocycles. The van der Waals surface area contributed by atoms with E-state index >= 15 is 0 Å². The summed E-state index contributed by atoms with van der Waals surface area (Å²) in [6, 6.07) is 13.9. The van der Waals surface area contributed by atoms with Crippen LogP contribution in [0.3, 0.4) is 0 Å². The van der Waals surface area contributed by atoms with E-state index in [1.54, 1.807) is 18.2 Å². The van der Waals surface area contributed by atoms with E-state index in [-0.39, 0.29) is 23.8 Å². The average molecular weight is 376 g/mol. The minimum Gasteiger partial charge on any atom is -0.359 e. The number of benzene rings is 2. The van der Waals surface area contributed by atoms with Crippen molar-refractivity contribution in [3.8, 4) is 0 Å². The second kappa shape index (κ2) is 8.16. The van der Waals surface area contributed by atoms with Crippen LogP contribution in [0.15, 0.2) is 48.5 Å². The smallest absolute Gasteiger partial charge is 0.292 e. The summed E-state index contributed by atoms with van der Waals surface area (Å²) in [5.41, 5.74) is 1.15. The molecule has 1 saturated heterocycles. The van der Waals surface area contributed by atoms with Crippen LogP contribution in [0.1, 0.15) is 0 Å². The molecule has 26 heavy (non-hydrogen) atoms. The van der Waals surface area contributed by atoms with E-state index in [0.29, 0.717) is 0 Å². The molecule has 3 rings (SSSR count). The van der Waals surface area contributed by atoms with Crippen LogP contribution >= 0.6 is 11.6 Å². The predicted octanol–water partition coefficient (Wildman–Crippen LogP) is 1.59. The molecular formula is C18H20ClN4O3+. The summed E-state index contributed by atoms with van der Waals surface area (Å²) >= 11 is 6.24. The van der Waals surface area contributed by atoms with Crippen molar-refractivity contribution in [1.29, 1.82) is 0 Å². The lowest BCUT2D eigenvalue weighted by atomic mass is 10.2. The fourth-order valence-corrected chi connectivity index (χ4v) is 3.36. The fraction of sp³-hybridized carbons (Fsp3) is 0.278. The molecule has 136 valence electrons. The average Bonchev–Trinajstić information content (AvgIpc) is 2.63. The number of carbonyl (C=O) groups is 1. The normalized spacial score (nSPS) is 14.9. The predicted molar refractivity (Wildman–Crippen MR) is 101 cm³/mol. The number of nitrogens with one attached hydrogen (secondary N) is 2. The molecule has 1 aliphatic heterocycles. The lowest BCUT2D eigenvalue weighted by Gasteiger charge is -2.33. The van der Waals surface area contributed by atoms with Gasteiger partial charge >= 0.3 is 0 Å². The Morgan fingerprint density at radius 2 is 1.81 bits per heavy atom. The number of nitrogens with zero attached hydrogens (tertiary/aromatic N) is 2. The van der Waals surface area contributed by atoms with Gasteiger partial charge in [-0.3, -0.25) is 14.9 Å². The number of hydrogen-bond donors (Lipinski definition) is 2. The SMILES string of the molecule is O=C(C[NH+]1CCN(c2ccccc2Cl)CC1)Nc1ccccc1[N+](=O)[O-]. The van der Waals surface area contributed by atoms with Gasteiger partial charge in [0.15, 0.2) is 6.54 Å². The maximum Gasteiger partial charge on any atom is 0.292 e. The van der Waals surface area contributed by atoms with Gasteiger partial charge < -0.3 is 15.1 Å². The molecular weight excluding hydrogens is 356 g/mol. The third-order valence-electron chi connectivity index (χ3n) is 4.45. The summed E-state index contributed by atoms with van der Waals surface area (Å²) in [4.78, 5) is 26.2. The number of anilines is 2. The number of rotatable bonds is 5. The summed E-state index contributed by atoms with van der Waals surface area (Å²) in [6.07, 6.45) is 0. The van der Waals surface area contributed by atoms with Crippen molar-refractivity contribution < 1.29 is 14.6 Å². The largest absolute Gasteiger partial charge is 0.359 e. The molecule has 0 saturated carbocycles. The number of nitro groups is 1. The van der Waals surface area contributed by atoms with Crippen LogP contribution in [-0.2, 0) is 4.79 Å². The van der Waals surface area contributed by atoms with Crippen LogP contribution in [0.2, 0.25) is 5.02 Å². The number of piperazine rings is 1. The highest BCUT2D eigenvalue weighted by Gasteiger charge is 2.24. The number of carbonyl (C=O) groups excluding carboxylic acids is 1. The zero-order chi connectivity index (χ0) is 18.5. The van der Waals surface area contributed by atoms with E-state index in [1.165, 1.54) is 6.07 Å². The third-order valence-corrected chi connectivity index (χ3v) is 4.77. The quantitative estimate of drug-likeness (QED) is 0.614. The Balaban J connectivity index is 1.54. The Morgan fingerprint density at radius 3 is 2.50 bits per heavy atom. The van der Waals surface area contributed by atoms with Crippen LogP contribution < -0.4 is 15.1 Å². The molecule has 0 spiro atoms. The van der Waals surface area contributed by atoms with Gasteiger partial charge in [-0.15, -0.1) is 0 Å². The molecule has 0 atom stereocenters. The van der Waals surface area contributed by atoms with Crippen molar-refractivity contribution in [3.05, 3.63) is 63.7 Å². The Labute approximate surface area is 156 Å². The van der Waals surface area contributed by atoms with Crippen LogP contribution in [0.4, 0.5) is 17.1 Å². The Bertz CT molecular complexity index is 807. The number of amides is 1. The van der Waals surface area contributed by atoms with Crippen molar-refractivity contribution in [2.75, 3.05) is 42.9 Å². The van der Waals surface area contributed by atoms with E-state index in [4.69, 9.17) is 11.6 Å². The lowest BCUT2D eigenvalue weighted by Crippen LogP contribution is -3.15. The molecule has 0 bridgehead atoms. The fourth-order valence-electron chi connectivity index (χ4n) is 3.11. The minimum absolute atomic E-state index is 0.0978. The highest BCUT2D eigenvalue weighted by Crippen LogP contribution is 2.25. The van der Waals surface area contributed by atoms with Crippen LogP contribution in [0, 0.1) is 10.1 Å². The topological polar surface area (TPSA) is 79.9 Å². The van der Waals surface area contributed by atoms with Crippen molar-refractivity contribution in [2.24, 2.45) is 0 Å². The molecule has 2 aromatic carbocycles. The van der Waals surface area contributed by atoms with Gasteiger partial charge in [0.05, 0.1) is 41.8 Å². The van der Waals surface area contributed by atoms with Crippen LogP contribution in [0.25, 0.3) is 0 Å². The van der Waals surface area contributed by atoms with E-state index in [2.05, 4.69) is 10.2 Å². The van der Waals surface area contributed by atoms with E-state index < -0.39 is 4.92 Å². The highest BCUT2D eigenvalue weighted by atomic mass is 35.5. The molecule has 1 fully saturated rings. The van der Waals surface area contributed by atoms with Gasteiger partial charge in [0.2, 0.25) is 0 Å². The molecule has 0 radical (unpaired) electrons. The first-order valence-electron chi connectivity index (χ1n) is 8.41. The van der Waals surface area contributed by atoms with Crippen LogP contribution in [0.5, 0.6) is 0 Å². The van der Waals surface area contributed by atoms with Gasteiger partial charge in [0.1, 0.15) is 5.69 Å². The molecule has 8 heteroatoms. The number of para-hydroxylation sites is 3. The number of quaternary nitrogens is 1. The molecule has 1 heterocycles. The molecule has 2 aromatic rings. The standard InChI is InChI=1S/C18H19ClN4O3/c19-14-5-1-3-7-16(14)22-11-9-21(10-12-22)13-18(24)20-15-6-2-4-8-17(15)23(25)26/h1-8H,9-13H2,(H,20,24)/p+1. The first-order chi connectivity index (χ1) is 12.5. The van der Waals surface area contributed by atoms with Crippen molar-refractivity contribution in [2.45, 2.75) is 0 Å².